The van der Waals surface area contributed by atoms with Gasteiger partial charge in [0.25, 0.3) is 0 Å². The Morgan fingerprint density at radius 2 is 1.75 bits per heavy atom. The molecule has 1 fully saturated rings. The first kappa shape index (κ1) is 11.4. The lowest BCUT2D eigenvalue weighted by molar-refractivity contribution is 0.0306. The SMILES string of the molecule is C=CC1(C(O)c2ccccc2)CCCCC1. The summed E-state index contributed by atoms with van der Waals surface area (Å²) in [5, 5.41) is 10.5. The predicted molar refractivity (Wildman–Crippen MR) is 67.1 cm³/mol. The standard InChI is InChI=1S/C15H20O/c1-2-15(11-7-4-8-12-15)14(16)13-9-5-3-6-10-13/h2-3,5-6,9-10,14,16H,1,4,7-8,11-12H2. The Morgan fingerprint density at radius 1 is 1.12 bits per heavy atom. The lowest BCUT2D eigenvalue weighted by Gasteiger charge is -2.38. The van der Waals surface area contributed by atoms with Crippen LogP contribution in [0, 0.1) is 5.41 Å². The van der Waals surface area contributed by atoms with E-state index in [4.69, 9.17) is 0 Å². The van der Waals surface area contributed by atoms with Crippen LogP contribution in [0.15, 0.2) is 43.0 Å². The molecule has 1 N–H and O–H groups in total. The Bertz CT molecular complexity index is 336. The Morgan fingerprint density at radius 3 is 2.31 bits per heavy atom. The van der Waals surface area contributed by atoms with Crippen LogP contribution in [0.2, 0.25) is 0 Å². The molecule has 0 heterocycles. The van der Waals surface area contributed by atoms with Crippen LogP contribution >= 0.6 is 0 Å². The van der Waals surface area contributed by atoms with Gasteiger partial charge in [0.1, 0.15) is 0 Å². The van der Waals surface area contributed by atoms with E-state index < -0.39 is 6.10 Å². The van der Waals surface area contributed by atoms with Crippen LogP contribution in [0.4, 0.5) is 0 Å². The van der Waals surface area contributed by atoms with Crippen molar-refractivity contribution in [2.45, 2.75) is 38.2 Å². The van der Waals surface area contributed by atoms with Crippen molar-refractivity contribution in [1.29, 1.82) is 0 Å². The molecule has 0 spiro atoms. The molecule has 0 amide bonds. The third-order valence-electron chi connectivity index (χ3n) is 3.85. The molecule has 2 rings (SSSR count). The second-order valence-corrected chi connectivity index (χ2v) is 4.81. The van der Waals surface area contributed by atoms with Crippen molar-refractivity contribution in [2.24, 2.45) is 5.41 Å². The molecule has 1 aromatic rings. The summed E-state index contributed by atoms with van der Waals surface area (Å²) in [5.74, 6) is 0. The molecular weight excluding hydrogens is 196 g/mol. The van der Waals surface area contributed by atoms with Crippen LogP contribution in [0.3, 0.4) is 0 Å². The molecule has 0 aliphatic heterocycles. The number of aliphatic hydroxyl groups excluding tert-OH is 1. The van der Waals surface area contributed by atoms with Gasteiger partial charge in [0.15, 0.2) is 0 Å². The van der Waals surface area contributed by atoms with Crippen LogP contribution in [0.25, 0.3) is 0 Å². The minimum Gasteiger partial charge on any atom is -0.388 e. The van der Waals surface area contributed by atoms with E-state index >= 15 is 0 Å². The highest BCUT2D eigenvalue weighted by molar-refractivity contribution is 5.22. The van der Waals surface area contributed by atoms with E-state index in [0.29, 0.717) is 0 Å². The molecule has 0 aromatic heterocycles. The third kappa shape index (κ3) is 2.05. The quantitative estimate of drug-likeness (QED) is 0.761. The van der Waals surface area contributed by atoms with Crippen LogP contribution < -0.4 is 0 Å². The molecule has 1 aliphatic carbocycles. The van der Waals surface area contributed by atoms with Crippen molar-refractivity contribution in [3.05, 3.63) is 48.6 Å². The summed E-state index contributed by atoms with van der Waals surface area (Å²) < 4.78 is 0. The molecule has 0 saturated heterocycles. The molecule has 0 bridgehead atoms. The van der Waals surface area contributed by atoms with Crippen molar-refractivity contribution in [2.75, 3.05) is 0 Å². The van der Waals surface area contributed by atoms with E-state index in [2.05, 4.69) is 6.58 Å². The molecule has 1 unspecified atom stereocenters. The van der Waals surface area contributed by atoms with E-state index in [1.807, 2.05) is 36.4 Å². The van der Waals surface area contributed by atoms with E-state index in [1.54, 1.807) is 0 Å². The van der Waals surface area contributed by atoms with E-state index in [1.165, 1.54) is 19.3 Å². The molecule has 1 nitrogen and oxygen atoms in total. The summed E-state index contributed by atoms with van der Waals surface area (Å²) >= 11 is 0. The zero-order valence-corrected chi connectivity index (χ0v) is 9.73. The van der Waals surface area contributed by atoms with Gasteiger partial charge in [-0.1, -0.05) is 55.7 Å². The largest absolute Gasteiger partial charge is 0.388 e. The third-order valence-corrected chi connectivity index (χ3v) is 3.85. The second kappa shape index (κ2) is 4.84. The number of rotatable bonds is 3. The molecule has 1 aromatic carbocycles. The van der Waals surface area contributed by atoms with Gasteiger partial charge in [0.05, 0.1) is 6.10 Å². The first-order valence-electron chi connectivity index (χ1n) is 6.15. The molecule has 1 heteroatoms. The van der Waals surface area contributed by atoms with Gasteiger partial charge in [-0.3, -0.25) is 0 Å². The first-order valence-corrected chi connectivity index (χ1v) is 6.15. The van der Waals surface area contributed by atoms with Crippen LogP contribution in [-0.2, 0) is 0 Å². The lowest BCUT2D eigenvalue weighted by Crippen LogP contribution is -2.29. The highest BCUT2D eigenvalue weighted by Gasteiger charge is 2.36. The maximum atomic E-state index is 10.5. The summed E-state index contributed by atoms with van der Waals surface area (Å²) in [6.45, 7) is 3.94. The van der Waals surface area contributed by atoms with Gasteiger partial charge in [-0.15, -0.1) is 6.58 Å². The smallest absolute Gasteiger partial charge is 0.0880 e. The van der Waals surface area contributed by atoms with E-state index in [0.717, 1.165) is 18.4 Å². The first-order chi connectivity index (χ1) is 7.78. The zero-order chi connectivity index (χ0) is 11.4. The topological polar surface area (TPSA) is 20.2 Å². The average Bonchev–Trinajstić information content (AvgIpc) is 2.39. The van der Waals surface area contributed by atoms with Crippen LogP contribution in [0.5, 0.6) is 0 Å². The van der Waals surface area contributed by atoms with Crippen molar-refractivity contribution in [1.82, 2.24) is 0 Å². The van der Waals surface area contributed by atoms with Crippen molar-refractivity contribution < 1.29 is 5.11 Å². The molecule has 1 atom stereocenters. The predicted octanol–water partition coefficient (Wildman–Crippen LogP) is 3.86. The minimum atomic E-state index is -0.397. The van der Waals surface area contributed by atoms with Gasteiger partial charge in [-0.2, -0.15) is 0 Å². The Balaban J connectivity index is 2.24. The second-order valence-electron chi connectivity index (χ2n) is 4.81. The fraction of sp³-hybridized carbons (Fsp3) is 0.467. The van der Waals surface area contributed by atoms with Gasteiger partial charge in [-0.05, 0) is 18.4 Å². The summed E-state index contributed by atoms with van der Waals surface area (Å²) in [6.07, 6.45) is 7.40. The molecule has 0 radical (unpaired) electrons. The van der Waals surface area contributed by atoms with Gasteiger partial charge in [-0.25, -0.2) is 0 Å². The van der Waals surface area contributed by atoms with E-state index in [9.17, 15) is 5.11 Å². The summed E-state index contributed by atoms with van der Waals surface area (Å²) in [5.41, 5.74) is 0.920. The maximum absolute atomic E-state index is 10.5. The lowest BCUT2D eigenvalue weighted by atomic mass is 9.68. The Hall–Kier alpha value is -1.08. The Labute approximate surface area is 97.8 Å². The number of hydrogen-bond donors (Lipinski definition) is 1. The van der Waals surface area contributed by atoms with Crippen molar-refractivity contribution in [3.8, 4) is 0 Å². The van der Waals surface area contributed by atoms with Gasteiger partial charge < -0.3 is 5.11 Å². The Kier molecular flexibility index (Phi) is 3.45. The van der Waals surface area contributed by atoms with Crippen LogP contribution in [-0.4, -0.2) is 5.11 Å². The number of hydrogen-bond acceptors (Lipinski definition) is 1. The monoisotopic (exact) mass is 216 g/mol. The van der Waals surface area contributed by atoms with Crippen molar-refractivity contribution in [3.63, 3.8) is 0 Å². The number of aliphatic hydroxyl groups is 1. The molecular formula is C15H20O. The summed E-state index contributed by atoms with van der Waals surface area (Å²) in [7, 11) is 0. The highest BCUT2D eigenvalue weighted by Crippen LogP contribution is 2.46. The fourth-order valence-corrected chi connectivity index (χ4v) is 2.77. The molecule has 16 heavy (non-hydrogen) atoms. The van der Waals surface area contributed by atoms with Gasteiger partial charge >= 0.3 is 0 Å². The number of benzene rings is 1. The minimum absolute atomic E-state index is 0.0976. The van der Waals surface area contributed by atoms with Gasteiger partial charge in [0, 0.05) is 5.41 Å². The fourth-order valence-electron chi connectivity index (χ4n) is 2.77. The summed E-state index contributed by atoms with van der Waals surface area (Å²) in [4.78, 5) is 0. The summed E-state index contributed by atoms with van der Waals surface area (Å²) in [6, 6.07) is 9.96. The highest BCUT2D eigenvalue weighted by atomic mass is 16.3. The van der Waals surface area contributed by atoms with Crippen molar-refractivity contribution >= 4 is 0 Å². The molecule has 1 saturated carbocycles. The van der Waals surface area contributed by atoms with Gasteiger partial charge in [0.2, 0.25) is 0 Å². The normalized spacial score (nSPS) is 21.3. The zero-order valence-electron chi connectivity index (χ0n) is 9.73. The molecule has 86 valence electrons. The average molecular weight is 216 g/mol. The van der Waals surface area contributed by atoms with Crippen LogP contribution in [0.1, 0.15) is 43.8 Å². The molecule has 1 aliphatic rings. The maximum Gasteiger partial charge on any atom is 0.0880 e. The van der Waals surface area contributed by atoms with E-state index in [-0.39, 0.29) is 5.41 Å².